The molecule has 2 N–H and O–H groups in total. The van der Waals surface area contributed by atoms with Gasteiger partial charge in [-0.1, -0.05) is 17.4 Å². The molecule has 7 nitrogen and oxygen atoms in total. The van der Waals surface area contributed by atoms with Crippen LogP contribution in [0.25, 0.3) is 0 Å². The second-order valence-corrected chi connectivity index (χ2v) is 5.74. The predicted molar refractivity (Wildman–Crippen MR) is 84.8 cm³/mol. The molecular weight excluding hydrogens is 304 g/mol. The van der Waals surface area contributed by atoms with E-state index in [1.807, 2.05) is 26.0 Å². The topological polar surface area (TPSA) is 85.4 Å². The minimum Gasteiger partial charge on any atom is -0.493 e. The number of carbonyl (C=O) groups excluding carboxylic acids is 1. The summed E-state index contributed by atoms with van der Waals surface area (Å²) in [6.07, 6.45) is 0. The van der Waals surface area contributed by atoms with Crippen molar-refractivity contribution in [2.75, 3.05) is 19.5 Å². The summed E-state index contributed by atoms with van der Waals surface area (Å²) in [7, 11) is 3.15. The average molecular weight is 322 g/mol. The maximum Gasteiger partial charge on any atom is 0.321 e. The van der Waals surface area contributed by atoms with Crippen LogP contribution in [-0.4, -0.2) is 30.4 Å². The summed E-state index contributed by atoms with van der Waals surface area (Å²) in [5.74, 6) is 1.26. The summed E-state index contributed by atoms with van der Waals surface area (Å²) in [5.41, 5.74) is 0.904. The van der Waals surface area contributed by atoms with Crippen LogP contribution in [0.4, 0.5) is 9.93 Å². The Balaban J connectivity index is 2.02. The van der Waals surface area contributed by atoms with E-state index in [1.165, 1.54) is 11.3 Å². The Morgan fingerprint density at radius 3 is 2.55 bits per heavy atom. The van der Waals surface area contributed by atoms with Crippen LogP contribution in [0.15, 0.2) is 18.2 Å². The third kappa shape index (κ3) is 3.85. The van der Waals surface area contributed by atoms with Crippen molar-refractivity contribution in [1.29, 1.82) is 0 Å². The van der Waals surface area contributed by atoms with Crippen molar-refractivity contribution in [3.8, 4) is 11.5 Å². The molecule has 2 amide bonds. The van der Waals surface area contributed by atoms with Crippen molar-refractivity contribution in [3.63, 3.8) is 0 Å². The van der Waals surface area contributed by atoms with Crippen molar-refractivity contribution in [2.45, 2.75) is 19.9 Å². The van der Waals surface area contributed by atoms with Gasteiger partial charge in [0.25, 0.3) is 0 Å². The Kier molecular flexibility index (Phi) is 5.16. The molecule has 22 heavy (non-hydrogen) atoms. The third-order valence-electron chi connectivity index (χ3n) is 3.00. The zero-order valence-corrected chi connectivity index (χ0v) is 13.7. The highest BCUT2D eigenvalue weighted by Crippen LogP contribution is 2.29. The summed E-state index contributed by atoms with van der Waals surface area (Å²) >= 11 is 1.32. The Bertz CT molecular complexity index is 659. The third-order valence-corrected chi connectivity index (χ3v) is 3.76. The molecule has 2 aromatic rings. The number of aromatic nitrogens is 2. The number of aryl methyl sites for hydroxylation is 1. The van der Waals surface area contributed by atoms with Gasteiger partial charge in [-0.05, 0) is 31.5 Å². The van der Waals surface area contributed by atoms with Gasteiger partial charge in [-0.2, -0.15) is 0 Å². The standard InChI is InChI=1S/C14H18N4O3S/c1-8(10-5-6-11(20-3)12(7-10)21-4)15-13(19)16-14-18-17-9(2)22-14/h5-8H,1-4H3,(H2,15,16,18,19)/t8-/m0/s1. The molecule has 0 bridgehead atoms. The number of nitrogens with zero attached hydrogens (tertiary/aromatic N) is 2. The molecule has 0 fully saturated rings. The van der Waals surface area contributed by atoms with Crippen LogP contribution in [0.1, 0.15) is 23.5 Å². The van der Waals surface area contributed by atoms with Crippen LogP contribution in [0.5, 0.6) is 11.5 Å². The van der Waals surface area contributed by atoms with E-state index < -0.39 is 0 Å². The molecule has 118 valence electrons. The first-order chi connectivity index (χ1) is 10.5. The highest BCUT2D eigenvalue weighted by atomic mass is 32.1. The molecule has 0 aliphatic rings. The van der Waals surface area contributed by atoms with Gasteiger partial charge in [0.15, 0.2) is 11.5 Å². The van der Waals surface area contributed by atoms with Crippen molar-refractivity contribution < 1.29 is 14.3 Å². The number of carbonyl (C=O) groups is 1. The fourth-order valence-corrected chi connectivity index (χ4v) is 2.47. The Hall–Kier alpha value is -2.35. The van der Waals surface area contributed by atoms with Crippen LogP contribution in [0, 0.1) is 6.92 Å². The molecule has 2 rings (SSSR count). The highest BCUT2D eigenvalue weighted by molar-refractivity contribution is 7.15. The number of urea groups is 1. The summed E-state index contributed by atoms with van der Waals surface area (Å²) in [5, 5.41) is 14.4. The van der Waals surface area contributed by atoms with Gasteiger partial charge in [0.05, 0.1) is 20.3 Å². The van der Waals surface area contributed by atoms with Gasteiger partial charge in [0.1, 0.15) is 5.01 Å². The van der Waals surface area contributed by atoms with E-state index in [1.54, 1.807) is 20.3 Å². The molecule has 0 radical (unpaired) electrons. The lowest BCUT2D eigenvalue weighted by Crippen LogP contribution is -2.31. The maximum absolute atomic E-state index is 11.9. The van der Waals surface area contributed by atoms with Gasteiger partial charge in [-0.15, -0.1) is 10.2 Å². The lowest BCUT2D eigenvalue weighted by Gasteiger charge is -2.16. The first kappa shape index (κ1) is 16.0. The summed E-state index contributed by atoms with van der Waals surface area (Å²) in [6, 6.07) is 4.98. The number of ether oxygens (including phenoxy) is 2. The molecule has 8 heteroatoms. The molecule has 1 heterocycles. The van der Waals surface area contributed by atoms with Crippen molar-refractivity contribution in [1.82, 2.24) is 15.5 Å². The number of nitrogens with one attached hydrogen (secondary N) is 2. The van der Waals surface area contributed by atoms with Gasteiger partial charge in [-0.3, -0.25) is 5.32 Å². The van der Waals surface area contributed by atoms with Crippen LogP contribution in [0.2, 0.25) is 0 Å². The van der Waals surface area contributed by atoms with E-state index in [9.17, 15) is 4.79 Å². The van der Waals surface area contributed by atoms with Gasteiger partial charge in [0.2, 0.25) is 5.13 Å². The van der Waals surface area contributed by atoms with E-state index in [0.717, 1.165) is 10.6 Å². The van der Waals surface area contributed by atoms with E-state index >= 15 is 0 Å². The SMILES string of the molecule is COc1ccc([C@H](C)NC(=O)Nc2nnc(C)s2)cc1OC. The van der Waals surface area contributed by atoms with E-state index in [-0.39, 0.29) is 12.1 Å². The minimum atomic E-state index is -0.335. The quantitative estimate of drug-likeness (QED) is 0.884. The number of rotatable bonds is 5. The fraction of sp³-hybridized carbons (Fsp3) is 0.357. The summed E-state index contributed by atoms with van der Waals surface area (Å²) in [4.78, 5) is 11.9. The van der Waals surface area contributed by atoms with E-state index in [0.29, 0.717) is 16.6 Å². The molecule has 0 aliphatic heterocycles. The Morgan fingerprint density at radius 2 is 1.95 bits per heavy atom. The fourth-order valence-electron chi connectivity index (χ4n) is 1.88. The largest absolute Gasteiger partial charge is 0.493 e. The van der Waals surface area contributed by atoms with E-state index in [2.05, 4.69) is 20.8 Å². The zero-order valence-electron chi connectivity index (χ0n) is 12.8. The van der Waals surface area contributed by atoms with Crippen molar-refractivity contribution >= 4 is 22.5 Å². The van der Waals surface area contributed by atoms with Crippen LogP contribution < -0.4 is 20.1 Å². The molecule has 0 saturated heterocycles. The summed E-state index contributed by atoms with van der Waals surface area (Å²) in [6.45, 7) is 3.71. The van der Waals surface area contributed by atoms with Gasteiger partial charge in [0, 0.05) is 0 Å². The first-order valence-electron chi connectivity index (χ1n) is 6.63. The van der Waals surface area contributed by atoms with Crippen molar-refractivity contribution in [3.05, 3.63) is 28.8 Å². The molecular formula is C14H18N4O3S. The predicted octanol–water partition coefficient (Wildman–Crippen LogP) is 2.75. The molecule has 0 aliphatic carbocycles. The smallest absolute Gasteiger partial charge is 0.321 e. The highest BCUT2D eigenvalue weighted by Gasteiger charge is 2.13. The molecule has 0 saturated carbocycles. The zero-order chi connectivity index (χ0) is 16.1. The normalized spacial score (nSPS) is 11.6. The second kappa shape index (κ2) is 7.08. The monoisotopic (exact) mass is 322 g/mol. The lowest BCUT2D eigenvalue weighted by atomic mass is 10.1. The van der Waals surface area contributed by atoms with Crippen molar-refractivity contribution in [2.24, 2.45) is 0 Å². The maximum atomic E-state index is 11.9. The number of benzene rings is 1. The van der Waals surface area contributed by atoms with Crippen LogP contribution in [0.3, 0.4) is 0 Å². The minimum absolute atomic E-state index is 0.200. The van der Waals surface area contributed by atoms with Crippen LogP contribution in [-0.2, 0) is 0 Å². The second-order valence-electron chi connectivity index (χ2n) is 4.56. The number of hydrogen-bond donors (Lipinski definition) is 2. The first-order valence-corrected chi connectivity index (χ1v) is 7.44. The molecule has 1 aromatic carbocycles. The number of anilines is 1. The number of amides is 2. The Labute approximate surface area is 132 Å². The average Bonchev–Trinajstić information content (AvgIpc) is 2.91. The van der Waals surface area contributed by atoms with Gasteiger partial charge < -0.3 is 14.8 Å². The summed E-state index contributed by atoms with van der Waals surface area (Å²) < 4.78 is 10.5. The lowest BCUT2D eigenvalue weighted by molar-refractivity contribution is 0.249. The van der Waals surface area contributed by atoms with E-state index in [4.69, 9.17) is 9.47 Å². The number of methoxy groups -OCH3 is 2. The van der Waals surface area contributed by atoms with Gasteiger partial charge in [-0.25, -0.2) is 4.79 Å². The molecule has 0 spiro atoms. The Morgan fingerprint density at radius 1 is 1.23 bits per heavy atom. The number of hydrogen-bond acceptors (Lipinski definition) is 6. The molecule has 0 unspecified atom stereocenters. The molecule has 1 aromatic heterocycles. The van der Waals surface area contributed by atoms with Crippen LogP contribution >= 0.6 is 11.3 Å². The molecule has 1 atom stereocenters. The van der Waals surface area contributed by atoms with Gasteiger partial charge >= 0.3 is 6.03 Å².